The van der Waals surface area contributed by atoms with Crippen molar-refractivity contribution in [2.45, 2.75) is 52.1 Å². The molecule has 0 bridgehead atoms. The number of nitrogens with zero attached hydrogens (tertiary/aromatic N) is 1. The number of nitrogens with one attached hydrogen (secondary N) is 1. The lowest BCUT2D eigenvalue weighted by Crippen LogP contribution is -2.30. The van der Waals surface area contributed by atoms with Crippen LogP contribution in [0.15, 0.2) is 12.4 Å². The third-order valence-corrected chi connectivity index (χ3v) is 3.64. The molecule has 1 aliphatic carbocycles. The molecule has 1 aromatic heterocycles. The van der Waals surface area contributed by atoms with E-state index in [2.05, 4.69) is 31.6 Å². The molecule has 4 heteroatoms. The second-order valence-electron chi connectivity index (χ2n) is 5.96. The van der Waals surface area contributed by atoms with Gasteiger partial charge in [0.25, 0.3) is 0 Å². The second kappa shape index (κ2) is 6.24. The molecule has 19 heavy (non-hydrogen) atoms. The van der Waals surface area contributed by atoms with Crippen LogP contribution < -0.4 is 11.1 Å². The van der Waals surface area contributed by atoms with E-state index in [9.17, 15) is 4.79 Å². The molecule has 0 saturated heterocycles. The molecule has 1 unspecified atom stereocenters. The van der Waals surface area contributed by atoms with E-state index in [1.165, 1.54) is 24.0 Å². The Bertz CT molecular complexity index is 437. The van der Waals surface area contributed by atoms with Crippen LogP contribution in [-0.2, 0) is 17.8 Å². The van der Waals surface area contributed by atoms with Gasteiger partial charge < -0.3 is 15.6 Å². The Morgan fingerprint density at radius 2 is 2.26 bits per heavy atom. The van der Waals surface area contributed by atoms with Gasteiger partial charge in [-0.25, -0.2) is 0 Å². The highest BCUT2D eigenvalue weighted by molar-refractivity contribution is 5.75. The van der Waals surface area contributed by atoms with Crippen LogP contribution in [0.25, 0.3) is 0 Å². The maximum atomic E-state index is 11.8. The number of aromatic nitrogens is 1. The maximum Gasteiger partial charge on any atom is 0.239 e. The van der Waals surface area contributed by atoms with E-state index < -0.39 is 0 Å². The smallest absolute Gasteiger partial charge is 0.239 e. The predicted octanol–water partition coefficient (Wildman–Crippen LogP) is 1.99. The number of hydrogen-bond donors (Lipinski definition) is 2. The first-order valence-corrected chi connectivity index (χ1v) is 7.27. The molecule has 2 rings (SSSR count). The summed E-state index contributed by atoms with van der Waals surface area (Å²) in [4.78, 5) is 11.8. The number of nitrogens with two attached hydrogens (primary N) is 1. The Morgan fingerprint density at radius 3 is 3.00 bits per heavy atom. The first-order valence-electron chi connectivity index (χ1n) is 7.27. The van der Waals surface area contributed by atoms with E-state index in [0.29, 0.717) is 12.5 Å². The minimum atomic E-state index is 0.0763. The first kappa shape index (κ1) is 14.1. The summed E-state index contributed by atoms with van der Waals surface area (Å²) in [5, 5.41) is 2.94. The van der Waals surface area contributed by atoms with Crippen LogP contribution in [0.3, 0.4) is 0 Å². The minimum Gasteiger partial charge on any atom is -0.354 e. The van der Waals surface area contributed by atoms with Crippen LogP contribution >= 0.6 is 0 Å². The second-order valence-corrected chi connectivity index (χ2v) is 5.96. The molecular weight excluding hydrogens is 238 g/mol. The predicted molar refractivity (Wildman–Crippen MR) is 76.8 cm³/mol. The summed E-state index contributed by atoms with van der Waals surface area (Å²) in [7, 11) is 0. The number of rotatable bonds is 4. The summed E-state index contributed by atoms with van der Waals surface area (Å²) in [6, 6.07) is 0.137. The van der Waals surface area contributed by atoms with Gasteiger partial charge in [-0.2, -0.15) is 0 Å². The molecule has 0 aromatic carbocycles. The molecule has 0 radical (unpaired) electrons. The number of carbonyl (C=O) groups is 1. The van der Waals surface area contributed by atoms with Gasteiger partial charge in [-0.3, -0.25) is 4.79 Å². The zero-order chi connectivity index (χ0) is 13.8. The topological polar surface area (TPSA) is 60.0 Å². The van der Waals surface area contributed by atoms with Gasteiger partial charge in [0.05, 0.1) is 0 Å². The fourth-order valence-electron chi connectivity index (χ4n) is 2.58. The Labute approximate surface area is 115 Å². The molecular formula is C15H25N3O. The van der Waals surface area contributed by atoms with Crippen molar-refractivity contribution < 1.29 is 4.79 Å². The van der Waals surface area contributed by atoms with Crippen molar-refractivity contribution in [3.8, 4) is 0 Å². The van der Waals surface area contributed by atoms with Gasteiger partial charge in [-0.1, -0.05) is 20.3 Å². The van der Waals surface area contributed by atoms with E-state index in [1.807, 2.05) is 4.57 Å². The summed E-state index contributed by atoms with van der Waals surface area (Å²) >= 11 is 0. The average Bonchev–Trinajstić information content (AvgIpc) is 2.67. The normalized spacial score (nSPS) is 19.1. The van der Waals surface area contributed by atoms with E-state index in [1.54, 1.807) is 0 Å². The lowest BCUT2D eigenvalue weighted by molar-refractivity contribution is -0.121. The maximum absolute atomic E-state index is 11.8. The van der Waals surface area contributed by atoms with Gasteiger partial charge in [0.15, 0.2) is 0 Å². The van der Waals surface area contributed by atoms with Gasteiger partial charge in [-0.15, -0.1) is 0 Å². The molecule has 0 fully saturated rings. The SMILES string of the molecule is CC(C)CNC(=O)Cn1cc2c(c1)C(N)CCCC2. The summed E-state index contributed by atoms with van der Waals surface area (Å²) < 4.78 is 1.98. The molecule has 1 heterocycles. The number of aryl methyl sites for hydroxylation is 1. The number of amides is 1. The molecule has 1 aromatic rings. The van der Waals surface area contributed by atoms with Crippen LogP contribution in [-0.4, -0.2) is 17.0 Å². The van der Waals surface area contributed by atoms with Crippen LogP contribution in [0.1, 0.15) is 50.3 Å². The van der Waals surface area contributed by atoms with Crippen molar-refractivity contribution in [2.75, 3.05) is 6.54 Å². The van der Waals surface area contributed by atoms with Crippen molar-refractivity contribution in [1.29, 1.82) is 0 Å². The van der Waals surface area contributed by atoms with Gasteiger partial charge in [0.1, 0.15) is 6.54 Å². The van der Waals surface area contributed by atoms with Crippen LogP contribution in [0, 0.1) is 5.92 Å². The molecule has 0 saturated carbocycles. The van der Waals surface area contributed by atoms with Crippen LogP contribution in [0.5, 0.6) is 0 Å². The summed E-state index contributed by atoms with van der Waals surface area (Å²) in [6.45, 7) is 5.32. The zero-order valence-corrected chi connectivity index (χ0v) is 12.0. The monoisotopic (exact) mass is 263 g/mol. The van der Waals surface area contributed by atoms with Gasteiger partial charge in [0, 0.05) is 25.0 Å². The molecule has 0 aliphatic heterocycles. The van der Waals surface area contributed by atoms with E-state index >= 15 is 0 Å². The third-order valence-electron chi connectivity index (χ3n) is 3.64. The zero-order valence-electron chi connectivity index (χ0n) is 12.0. The summed E-state index contributed by atoms with van der Waals surface area (Å²) in [6.07, 6.45) is 8.69. The molecule has 1 atom stereocenters. The molecule has 1 amide bonds. The Hall–Kier alpha value is -1.29. The van der Waals surface area contributed by atoms with Crippen molar-refractivity contribution in [3.05, 3.63) is 23.5 Å². The van der Waals surface area contributed by atoms with Crippen molar-refractivity contribution in [3.63, 3.8) is 0 Å². The number of hydrogen-bond acceptors (Lipinski definition) is 2. The Balaban J connectivity index is 1.98. The average molecular weight is 263 g/mol. The highest BCUT2D eigenvalue weighted by atomic mass is 16.1. The van der Waals surface area contributed by atoms with Crippen LogP contribution in [0.4, 0.5) is 0 Å². The van der Waals surface area contributed by atoms with Gasteiger partial charge in [-0.05, 0) is 36.3 Å². The highest BCUT2D eigenvalue weighted by Gasteiger charge is 2.17. The minimum absolute atomic E-state index is 0.0763. The fraction of sp³-hybridized carbons (Fsp3) is 0.667. The van der Waals surface area contributed by atoms with E-state index in [-0.39, 0.29) is 11.9 Å². The largest absolute Gasteiger partial charge is 0.354 e. The van der Waals surface area contributed by atoms with Crippen molar-refractivity contribution in [2.24, 2.45) is 11.7 Å². The van der Waals surface area contributed by atoms with Crippen molar-refractivity contribution >= 4 is 5.91 Å². The fourth-order valence-corrected chi connectivity index (χ4v) is 2.58. The van der Waals surface area contributed by atoms with Crippen molar-refractivity contribution in [1.82, 2.24) is 9.88 Å². The van der Waals surface area contributed by atoms with E-state index in [0.717, 1.165) is 19.4 Å². The summed E-state index contributed by atoms with van der Waals surface area (Å²) in [5.74, 6) is 0.561. The molecule has 4 nitrogen and oxygen atoms in total. The quantitative estimate of drug-likeness (QED) is 0.816. The van der Waals surface area contributed by atoms with Gasteiger partial charge in [0.2, 0.25) is 5.91 Å². The first-order chi connectivity index (χ1) is 9.06. The Kier molecular flexibility index (Phi) is 4.64. The highest BCUT2D eigenvalue weighted by Crippen LogP contribution is 2.27. The number of carbonyl (C=O) groups excluding carboxylic acids is 1. The Morgan fingerprint density at radius 1 is 1.47 bits per heavy atom. The number of fused-ring (bicyclic) bond motifs is 1. The molecule has 1 aliphatic rings. The third kappa shape index (κ3) is 3.83. The molecule has 3 N–H and O–H groups in total. The lowest BCUT2D eigenvalue weighted by Gasteiger charge is -2.09. The molecule has 0 spiro atoms. The lowest BCUT2D eigenvalue weighted by atomic mass is 10.1. The summed E-state index contributed by atoms with van der Waals surface area (Å²) in [5.41, 5.74) is 8.73. The van der Waals surface area contributed by atoms with Gasteiger partial charge >= 0.3 is 0 Å². The standard InChI is InChI=1S/C15H25N3O/c1-11(2)7-17-15(19)10-18-8-12-5-3-4-6-14(16)13(12)9-18/h8-9,11,14H,3-7,10,16H2,1-2H3,(H,17,19). The van der Waals surface area contributed by atoms with Crippen LogP contribution in [0.2, 0.25) is 0 Å². The molecule has 106 valence electrons. The van der Waals surface area contributed by atoms with E-state index in [4.69, 9.17) is 5.73 Å².